The quantitative estimate of drug-likeness (QED) is 0.464. The van der Waals surface area contributed by atoms with Gasteiger partial charge >= 0.3 is 6.18 Å². The predicted octanol–water partition coefficient (Wildman–Crippen LogP) is 3.44. The number of alkyl halides is 3. The first kappa shape index (κ1) is 18.6. The summed E-state index contributed by atoms with van der Waals surface area (Å²) in [5.41, 5.74) is 1.51. The second kappa shape index (κ2) is 9.52. The Morgan fingerprint density at radius 2 is 1.95 bits per heavy atom. The highest BCUT2D eigenvalue weighted by Crippen LogP contribution is 2.22. The van der Waals surface area contributed by atoms with E-state index in [1.54, 1.807) is 26.2 Å². The molecule has 0 heterocycles. The molecule has 7 heteroatoms. The largest absolute Gasteiger partial charge is 0.398 e. The molecule has 0 rings (SSSR count). The number of rotatable bonds is 5. The molecule has 0 radical (unpaired) electrons. The van der Waals surface area contributed by atoms with E-state index < -0.39 is 11.9 Å². The average molecular weight is 307 g/mol. The molecule has 0 saturated carbocycles. The minimum atomic E-state index is -4.22. The summed E-state index contributed by atoms with van der Waals surface area (Å²) in [7, 11) is 3.21. The number of nitrogens with one attached hydrogen (secondary N) is 2. The third kappa shape index (κ3) is 7.93. The summed E-state index contributed by atoms with van der Waals surface area (Å²) in [6.45, 7) is 3.67. The van der Waals surface area contributed by atoms with E-state index >= 15 is 0 Å². The molecule has 0 aliphatic carbocycles. The van der Waals surface area contributed by atoms with Gasteiger partial charge < -0.3 is 10.6 Å². The molecular weight excluding hydrogens is 287 g/mol. The van der Waals surface area contributed by atoms with Crippen LogP contribution in [-0.2, 0) is 0 Å². The van der Waals surface area contributed by atoms with Crippen molar-refractivity contribution >= 4 is 16.9 Å². The van der Waals surface area contributed by atoms with Gasteiger partial charge in [-0.3, -0.25) is 4.99 Å². The predicted molar refractivity (Wildman–Crippen MR) is 80.7 cm³/mol. The maximum absolute atomic E-state index is 12.2. The lowest BCUT2D eigenvalue weighted by Gasteiger charge is -2.14. The van der Waals surface area contributed by atoms with Crippen LogP contribution in [-0.4, -0.2) is 31.2 Å². The smallest absolute Gasteiger partial charge is 0.393 e. The molecule has 2 N–H and O–H groups in total. The molecule has 0 aliphatic heterocycles. The van der Waals surface area contributed by atoms with Gasteiger partial charge in [0.15, 0.2) is 5.17 Å². The van der Waals surface area contributed by atoms with Gasteiger partial charge in [0.2, 0.25) is 0 Å². The summed E-state index contributed by atoms with van der Waals surface area (Å²) in [5.74, 6) is -0.974. The fourth-order valence-electron chi connectivity index (χ4n) is 1.28. The lowest BCUT2D eigenvalue weighted by molar-refractivity contribution is -0.105. The summed E-state index contributed by atoms with van der Waals surface area (Å²) in [5, 5.41) is 6.03. The van der Waals surface area contributed by atoms with Crippen LogP contribution in [0.5, 0.6) is 0 Å². The summed E-state index contributed by atoms with van der Waals surface area (Å²) >= 11 is 0.627. The van der Waals surface area contributed by atoms with E-state index in [4.69, 9.17) is 0 Å². The van der Waals surface area contributed by atoms with Crippen LogP contribution >= 0.6 is 11.8 Å². The molecule has 0 aromatic rings. The van der Waals surface area contributed by atoms with Gasteiger partial charge in [0.1, 0.15) is 0 Å². The average Bonchev–Trinajstić information content (AvgIpc) is 2.38. The van der Waals surface area contributed by atoms with Crippen LogP contribution in [0.1, 0.15) is 13.8 Å². The number of aliphatic imine (C=N–C) groups is 1. The Bertz CT molecular complexity index is 410. The lowest BCUT2D eigenvalue weighted by atomic mass is 10.2. The van der Waals surface area contributed by atoms with Crippen LogP contribution in [0.2, 0.25) is 0 Å². The van der Waals surface area contributed by atoms with Gasteiger partial charge in [-0.2, -0.15) is 13.2 Å². The molecule has 0 atom stereocenters. The Labute approximate surface area is 122 Å². The highest BCUT2D eigenvalue weighted by Gasteiger charge is 2.28. The van der Waals surface area contributed by atoms with Crippen LogP contribution in [0.25, 0.3) is 0 Å². The number of hydrogen-bond donors (Lipinski definition) is 2. The zero-order valence-electron chi connectivity index (χ0n) is 12.0. The van der Waals surface area contributed by atoms with Crippen molar-refractivity contribution < 1.29 is 13.2 Å². The van der Waals surface area contributed by atoms with Gasteiger partial charge in [-0.05, 0) is 13.8 Å². The van der Waals surface area contributed by atoms with E-state index in [0.29, 0.717) is 17.5 Å². The molecule has 20 heavy (non-hydrogen) atoms. The van der Waals surface area contributed by atoms with E-state index in [9.17, 15) is 13.2 Å². The SMILES string of the molecule is C\C=C/C(=C\NC)C(=C/C)/NC(=NC)SCC(F)(F)F. The van der Waals surface area contributed by atoms with E-state index in [-0.39, 0.29) is 5.17 Å². The molecular formula is C13H20F3N3S. The van der Waals surface area contributed by atoms with Crippen molar-refractivity contribution in [2.24, 2.45) is 4.99 Å². The number of allylic oxidation sites excluding steroid dienone is 3. The second-order valence-electron chi connectivity index (χ2n) is 3.65. The third-order valence-electron chi connectivity index (χ3n) is 2.06. The first-order valence-corrected chi connectivity index (χ1v) is 6.96. The number of amidine groups is 1. The monoisotopic (exact) mass is 307 g/mol. The first-order chi connectivity index (χ1) is 9.37. The van der Waals surface area contributed by atoms with Crippen LogP contribution in [0.15, 0.2) is 40.7 Å². The van der Waals surface area contributed by atoms with Gasteiger partial charge in [0, 0.05) is 31.6 Å². The highest BCUT2D eigenvalue weighted by molar-refractivity contribution is 8.13. The van der Waals surface area contributed by atoms with Crippen LogP contribution in [0, 0.1) is 0 Å². The first-order valence-electron chi connectivity index (χ1n) is 5.98. The van der Waals surface area contributed by atoms with Crippen molar-refractivity contribution in [3.05, 3.63) is 35.7 Å². The van der Waals surface area contributed by atoms with Gasteiger partial charge in [-0.1, -0.05) is 30.0 Å². The van der Waals surface area contributed by atoms with Crippen molar-refractivity contribution in [1.82, 2.24) is 10.6 Å². The molecule has 0 aliphatic rings. The van der Waals surface area contributed by atoms with E-state index in [0.717, 1.165) is 5.57 Å². The number of nitrogens with zero attached hydrogens (tertiary/aromatic N) is 1. The maximum Gasteiger partial charge on any atom is 0.398 e. The van der Waals surface area contributed by atoms with Crippen LogP contribution in [0.3, 0.4) is 0 Å². The molecule has 0 bridgehead atoms. The normalized spacial score (nSPS) is 14.8. The standard InChI is InChI=1S/C13H20F3N3S/c1-5-7-10(8-17-3)11(6-2)19-12(18-4)20-9-13(14,15)16/h5-8,17H,9H2,1-4H3,(H,18,19)/b7-5-,10-8+,11-6-. The summed E-state index contributed by atoms with van der Waals surface area (Å²) in [6, 6.07) is 0. The van der Waals surface area contributed by atoms with Crippen molar-refractivity contribution in [1.29, 1.82) is 0 Å². The van der Waals surface area contributed by atoms with Crippen molar-refractivity contribution in [3.8, 4) is 0 Å². The number of thioether (sulfide) groups is 1. The highest BCUT2D eigenvalue weighted by atomic mass is 32.2. The second-order valence-corrected chi connectivity index (χ2v) is 4.61. The third-order valence-corrected chi connectivity index (χ3v) is 3.09. The molecule has 0 aromatic heterocycles. The Balaban J connectivity index is 4.89. The Morgan fingerprint density at radius 3 is 2.35 bits per heavy atom. The fourth-order valence-corrected chi connectivity index (χ4v) is 1.90. The van der Waals surface area contributed by atoms with E-state index in [1.165, 1.54) is 7.05 Å². The molecule has 0 amide bonds. The molecule has 0 unspecified atom stereocenters. The van der Waals surface area contributed by atoms with Crippen LogP contribution in [0.4, 0.5) is 13.2 Å². The van der Waals surface area contributed by atoms with Crippen LogP contribution < -0.4 is 10.6 Å². The topological polar surface area (TPSA) is 36.4 Å². The van der Waals surface area contributed by atoms with E-state index in [2.05, 4.69) is 15.6 Å². The minimum Gasteiger partial charge on any atom is -0.393 e. The maximum atomic E-state index is 12.2. The molecule has 0 saturated heterocycles. The molecule has 114 valence electrons. The lowest BCUT2D eigenvalue weighted by Crippen LogP contribution is -2.24. The van der Waals surface area contributed by atoms with Gasteiger partial charge in [-0.15, -0.1) is 0 Å². The Morgan fingerprint density at radius 1 is 1.30 bits per heavy atom. The van der Waals surface area contributed by atoms with Gasteiger partial charge in [0.25, 0.3) is 0 Å². The summed E-state index contributed by atoms with van der Waals surface area (Å²) in [4.78, 5) is 3.84. The zero-order chi connectivity index (χ0) is 15.6. The molecule has 0 spiro atoms. The van der Waals surface area contributed by atoms with E-state index in [1.807, 2.05) is 19.1 Å². The van der Waals surface area contributed by atoms with Crippen molar-refractivity contribution in [2.75, 3.05) is 19.8 Å². The fraction of sp³-hybridized carbons (Fsp3) is 0.462. The number of hydrogen-bond acceptors (Lipinski definition) is 3. The van der Waals surface area contributed by atoms with Gasteiger partial charge in [0.05, 0.1) is 5.75 Å². The summed E-state index contributed by atoms with van der Waals surface area (Å²) in [6.07, 6.45) is 3.01. The molecule has 3 nitrogen and oxygen atoms in total. The van der Waals surface area contributed by atoms with Crippen molar-refractivity contribution in [2.45, 2.75) is 20.0 Å². The van der Waals surface area contributed by atoms with Gasteiger partial charge in [-0.25, -0.2) is 0 Å². The zero-order valence-corrected chi connectivity index (χ0v) is 12.8. The number of halogens is 3. The Kier molecular flexibility index (Phi) is 8.87. The minimum absolute atomic E-state index is 0.224. The summed E-state index contributed by atoms with van der Waals surface area (Å²) < 4.78 is 36.7. The molecule has 0 fully saturated rings. The van der Waals surface area contributed by atoms with Crippen molar-refractivity contribution in [3.63, 3.8) is 0 Å². The molecule has 0 aromatic carbocycles. The Hall–Kier alpha value is -1.37.